The Balaban J connectivity index is 1.69. The number of amides is 1. The number of hydrogen-bond acceptors (Lipinski definition) is 4. The number of primary sulfonamides is 1. The van der Waals surface area contributed by atoms with Crippen LogP contribution in [-0.2, 0) is 16.6 Å². The molecule has 0 bridgehead atoms. The predicted octanol–water partition coefficient (Wildman–Crippen LogP) is 3.81. The number of aryl methyl sites for hydroxylation is 1. The van der Waals surface area contributed by atoms with Crippen LogP contribution in [0.15, 0.2) is 90.0 Å². The summed E-state index contributed by atoms with van der Waals surface area (Å²) in [5, 5.41) is 12.7. The van der Waals surface area contributed by atoms with Crippen LogP contribution < -0.4 is 10.5 Å². The van der Waals surface area contributed by atoms with E-state index >= 15 is 0 Å². The van der Waals surface area contributed by atoms with Crippen molar-refractivity contribution in [2.24, 2.45) is 5.14 Å². The van der Waals surface area contributed by atoms with Gasteiger partial charge in [0.05, 0.1) is 17.0 Å². The highest BCUT2D eigenvalue weighted by molar-refractivity contribution is 7.89. The molecule has 0 aliphatic rings. The molecule has 3 aromatic carbocycles. The third-order valence-corrected chi connectivity index (χ3v) is 6.05. The van der Waals surface area contributed by atoms with Crippen molar-refractivity contribution >= 4 is 21.6 Å². The first-order valence-corrected chi connectivity index (χ1v) is 11.5. The summed E-state index contributed by atoms with van der Waals surface area (Å²) in [6.07, 6.45) is 1.69. The van der Waals surface area contributed by atoms with Gasteiger partial charge in [0.25, 0.3) is 5.91 Å². The van der Waals surface area contributed by atoms with Gasteiger partial charge in [-0.3, -0.25) is 9.48 Å². The van der Waals surface area contributed by atoms with E-state index in [0.717, 1.165) is 11.1 Å². The lowest BCUT2D eigenvalue weighted by Gasteiger charge is -2.09. The van der Waals surface area contributed by atoms with Crippen molar-refractivity contribution in [2.45, 2.75) is 18.4 Å². The monoisotopic (exact) mass is 446 g/mol. The molecule has 162 valence electrons. The van der Waals surface area contributed by atoms with Crippen LogP contribution in [0.4, 0.5) is 5.69 Å². The SMILES string of the molecule is Cc1ccc(NC(=O)c2cn(Cc3ccccc3)nc2-c2ccccc2)cc1S(N)(=O)=O. The van der Waals surface area contributed by atoms with Crippen LogP contribution in [0.25, 0.3) is 11.3 Å². The van der Waals surface area contributed by atoms with Gasteiger partial charge in [0, 0.05) is 17.4 Å². The highest BCUT2D eigenvalue weighted by atomic mass is 32.2. The molecule has 1 heterocycles. The number of sulfonamides is 1. The molecule has 4 rings (SSSR count). The maximum absolute atomic E-state index is 13.2. The summed E-state index contributed by atoms with van der Waals surface area (Å²) in [6.45, 7) is 2.15. The van der Waals surface area contributed by atoms with E-state index in [4.69, 9.17) is 5.14 Å². The number of anilines is 1. The smallest absolute Gasteiger partial charge is 0.259 e. The molecule has 8 heteroatoms. The minimum absolute atomic E-state index is 0.0293. The molecule has 0 fully saturated rings. The van der Waals surface area contributed by atoms with Gasteiger partial charge in [0.2, 0.25) is 10.0 Å². The van der Waals surface area contributed by atoms with E-state index in [0.29, 0.717) is 29.1 Å². The molecule has 1 aromatic heterocycles. The number of hydrogen-bond donors (Lipinski definition) is 2. The van der Waals surface area contributed by atoms with E-state index in [1.54, 1.807) is 29.9 Å². The van der Waals surface area contributed by atoms with Gasteiger partial charge in [-0.2, -0.15) is 5.10 Å². The van der Waals surface area contributed by atoms with Crippen molar-refractivity contribution in [1.82, 2.24) is 9.78 Å². The number of aromatic nitrogens is 2. The van der Waals surface area contributed by atoms with Crippen molar-refractivity contribution in [1.29, 1.82) is 0 Å². The topological polar surface area (TPSA) is 107 Å². The molecular weight excluding hydrogens is 424 g/mol. The van der Waals surface area contributed by atoms with Crippen LogP contribution in [0.1, 0.15) is 21.5 Å². The van der Waals surface area contributed by atoms with Crippen LogP contribution in [0, 0.1) is 6.92 Å². The molecule has 3 N–H and O–H groups in total. The molecule has 0 radical (unpaired) electrons. The van der Waals surface area contributed by atoms with Gasteiger partial charge in [-0.25, -0.2) is 13.6 Å². The van der Waals surface area contributed by atoms with E-state index in [1.807, 2.05) is 60.7 Å². The van der Waals surface area contributed by atoms with E-state index in [1.165, 1.54) is 6.07 Å². The average Bonchev–Trinajstić information content (AvgIpc) is 3.19. The summed E-state index contributed by atoms with van der Waals surface area (Å²) < 4.78 is 25.4. The third-order valence-electron chi connectivity index (χ3n) is 4.99. The summed E-state index contributed by atoms with van der Waals surface area (Å²) >= 11 is 0. The van der Waals surface area contributed by atoms with Gasteiger partial charge < -0.3 is 5.32 Å². The molecule has 32 heavy (non-hydrogen) atoms. The zero-order valence-electron chi connectivity index (χ0n) is 17.4. The Morgan fingerprint density at radius 2 is 1.66 bits per heavy atom. The first-order valence-electron chi connectivity index (χ1n) is 9.93. The van der Waals surface area contributed by atoms with Crippen molar-refractivity contribution < 1.29 is 13.2 Å². The highest BCUT2D eigenvalue weighted by Gasteiger charge is 2.19. The Morgan fingerprint density at radius 1 is 1.00 bits per heavy atom. The lowest BCUT2D eigenvalue weighted by molar-refractivity contribution is 0.102. The van der Waals surface area contributed by atoms with Crippen molar-refractivity contribution in [3.63, 3.8) is 0 Å². The molecular formula is C24H22N4O3S. The molecule has 0 unspecified atom stereocenters. The molecule has 0 atom stereocenters. The van der Waals surface area contributed by atoms with E-state index < -0.39 is 15.9 Å². The Labute approximate surface area is 186 Å². The standard InChI is InChI=1S/C24H22N4O3S/c1-17-12-13-20(14-22(17)32(25,30)31)26-24(29)21-16-28(15-18-8-4-2-5-9-18)27-23(21)19-10-6-3-7-11-19/h2-14,16H,15H2,1H3,(H,26,29)(H2,25,30,31). The van der Waals surface area contributed by atoms with Crippen LogP contribution in [0.5, 0.6) is 0 Å². The highest BCUT2D eigenvalue weighted by Crippen LogP contribution is 2.25. The second-order valence-electron chi connectivity index (χ2n) is 7.42. The summed E-state index contributed by atoms with van der Waals surface area (Å²) in [5.41, 5.74) is 3.62. The first-order chi connectivity index (χ1) is 15.3. The zero-order chi connectivity index (χ0) is 22.7. The third kappa shape index (κ3) is 4.77. The molecule has 0 saturated heterocycles. The number of rotatable bonds is 6. The van der Waals surface area contributed by atoms with E-state index in [2.05, 4.69) is 10.4 Å². The molecule has 7 nitrogen and oxygen atoms in total. The summed E-state index contributed by atoms with van der Waals surface area (Å²) in [5.74, 6) is -0.396. The minimum Gasteiger partial charge on any atom is -0.322 e. The fourth-order valence-electron chi connectivity index (χ4n) is 3.43. The second-order valence-corrected chi connectivity index (χ2v) is 8.95. The van der Waals surface area contributed by atoms with E-state index in [9.17, 15) is 13.2 Å². The van der Waals surface area contributed by atoms with Crippen LogP contribution in [-0.4, -0.2) is 24.1 Å². The Kier molecular flexibility index (Phi) is 5.89. The quantitative estimate of drug-likeness (QED) is 0.470. The normalized spacial score (nSPS) is 11.3. The van der Waals surface area contributed by atoms with Gasteiger partial charge in [0.1, 0.15) is 5.69 Å². The lowest BCUT2D eigenvalue weighted by Crippen LogP contribution is -2.16. The van der Waals surface area contributed by atoms with Crippen molar-refractivity contribution in [3.8, 4) is 11.3 Å². The maximum Gasteiger partial charge on any atom is 0.259 e. The van der Waals surface area contributed by atoms with Gasteiger partial charge in [0.15, 0.2) is 0 Å². The number of nitrogens with one attached hydrogen (secondary N) is 1. The van der Waals surface area contributed by atoms with Gasteiger partial charge in [-0.15, -0.1) is 0 Å². The summed E-state index contributed by atoms with van der Waals surface area (Å²) in [6, 6.07) is 23.9. The molecule has 4 aromatic rings. The second kappa shape index (κ2) is 8.78. The van der Waals surface area contributed by atoms with Crippen LogP contribution >= 0.6 is 0 Å². The van der Waals surface area contributed by atoms with Gasteiger partial charge >= 0.3 is 0 Å². The molecule has 1 amide bonds. The summed E-state index contributed by atoms with van der Waals surface area (Å²) in [4.78, 5) is 13.1. The minimum atomic E-state index is -3.91. The van der Waals surface area contributed by atoms with Crippen LogP contribution in [0.3, 0.4) is 0 Å². The number of nitrogens with zero attached hydrogens (tertiary/aromatic N) is 2. The Bertz CT molecular complexity index is 1370. The number of nitrogens with two attached hydrogens (primary N) is 1. The Morgan fingerprint density at radius 3 is 2.31 bits per heavy atom. The molecule has 0 aliphatic carbocycles. The largest absolute Gasteiger partial charge is 0.322 e. The number of carbonyl (C=O) groups is 1. The van der Waals surface area contributed by atoms with Gasteiger partial charge in [-0.1, -0.05) is 66.7 Å². The van der Waals surface area contributed by atoms with E-state index in [-0.39, 0.29) is 4.90 Å². The Hall–Kier alpha value is -3.75. The molecule has 0 saturated carbocycles. The maximum atomic E-state index is 13.2. The molecule has 0 aliphatic heterocycles. The van der Waals surface area contributed by atoms with Gasteiger partial charge in [-0.05, 0) is 30.2 Å². The predicted molar refractivity (Wildman–Crippen MR) is 124 cm³/mol. The van der Waals surface area contributed by atoms with Crippen LogP contribution in [0.2, 0.25) is 0 Å². The lowest BCUT2D eigenvalue weighted by atomic mass is 10.1. The van der Waals surface area contributed by atoms with Crippen molar-refractivity contribution in [2.75, 3.05) is 5.32 Å². The fraction of sp³-hybridized carbons (Fsp3) is 0.0833. The summed E-state index contributed by atoms with van der Waals surface area (Å²) in [7, 11) is -3.91. The fourth-order valence-corrected chi connectivity index (χ4v) is 4.24. The first kappa shape index (κ1) is 21.5. The van der Waals surface area contributed by atoms with Crippen molar-refractivity contribution in [3.05, 3.63) is 102 Å². The number of carbonyl (C=O) groups excluding carboxylic acids is 1. The number of benzene rings is 3. The average molecular weight is 447 g/mol. The zero-order valence-corrected chi connectivity index (χ0v) is 18.2. The molecule has 0 spiro atoms.